The Morgan fingerprint density at radius 3 is 2.42 bits per heavy atom. The summed E-state index contributed by atoms with van der Waals surface area (Å²) in [6.45, 7) is 0. The summed E-state index contributed by atoms with van der Waals surface area (Å²) in [6, 6.07) is 4.53. The van der Waals surface area contributed by atoms with Gasteiger partial charge in [0.1, 0.15) is 17.1 Å². The van der Waals surface area contributed by atoms with Crippen LogP contribution in [0, 0.1) is 0 Å². The molecule has 1 aromatic rings. The number of benzene rings is 1. The molecule has 0 fully saturated rings. The molecule has 19 heavy (non-hydrogen) atoms. The first-order valence-corrected chi connectivity index (χ1v) is 6.08. The van der Waals surface area contributed by atoms with Crippen LogP contribution in [-0.4, -0.2) is 43.9 Å². The number of carbonyl (C=O) groups is 2. The zero-order chi connectivity index (χ0) is 14.4. The van der Waals surface area contributed by atoms with E-state index in [1.54, 1.807) is 24.5 Å². The average Bonchev–Trinajstić information content (AvgIpc) is 2.37. The molecule has 1 aromatic carbocycles. The maximum absolute atomic E-state index is 11.6. The van der Waals surface area contributed by atoms with Crippen molar-refractivity contribution in [3.63, 3.8) is 0 Å². The molecule has 0 aliphatic rings. The number of hydrogen-bond donors (Lipinski definition) is 0. The average molecular weight is 285 g/mol. The first kappa shape index (κ1) is 15.3. The molecule has 0 unspecified atom stereocenters. The van der Waals surface area contributed by atoms with Crippen molar-refractivity contribution in [1.82, 2.24) is 4.31 Å². The van der Waals surface area contributed by atoms with E-state index in [2.05, 4.69) is 4.74 Å². The minimum atomic E-state index is -0.600. The van der Waals surface area contributed by atoms with E-state index in [1.807, 2.05) is 0 Å². The fourth-order valence-electron chi connectivity index (χ4n) is 1.25. The van der Waals surface area contributed by atoms with Crippen molar-refractivity contribution in [3.8, 4) is 11.5 Å². The van der Waals surface area contributed by atoms with Crippen LogP contribution in [0.2, 0.25) is 0 Å². The maximum atomic E-state index is 11.6. The van der Waals surface area contributed by atoms with Crippen LogP contribution in [0.5, 0.6) is 11.5 Å². The van der Waals surface area contributed by atoms with E-state index in [4.69, 9.17) is 9.47 Å². The molecule has 7 heteroatoms. The Labute approximate surface area is 115 Å². The summed E-state index contributed by atoms with van der Waals surface area (Å²) in [5, 5.41) is -0.541. The molecule has 0 aliphatic carbocycles. The van der Waals surface area contributed by atoms with Gasteiger partial charge in [0.25, 0.3) is 0 Å². The molecule has 0 spiro atoms. The molecule has 1 rings (SSSR count). The van der Waals surface area contributed by atoms with Crippen LogP contribution in [0.1, 0.15) is 10.4 Å². The van der Waals surface area contributed by atoms with Crippen LogP contribution in [-0.2, 0) is 4.74 Å². The number of methoxy groups -OCH3 is 2. The number of nitrogens with zero attached hydrogens (tertiary/aromatic N) is 1. The number of carbonyl (C=O) groups excluding carboxylic acids is 2. The molecule has 0 saturated carbocycles. The lowest BCUT2D eigenvalue weighted by Crippen LogP contribution is -2.12. The molecule has 0 N–H and O–H groups in total. The molecular formula is C12H15NO5S. The lowest BCUT2D eigenvalue weighted by atomic mass is 10.2. The molecule has 0 saturated heterocycles. The molecule has 0 heterocycles. The van der Waals surface area contributed by atoms with Gasteiger partial charge in [0.05, 0.1) is 14.2 Å². The van der Waals surface area contributed by atoms with Crippen LogP contribution < -0.4 is 9.47 Å². The van der Waals surface area contributed by atoms with E-state index in [0.29, 0.717) is 5.75 Å². The second-order valence-electron chi connectivity index (χ2n) is 3.61. The summed E-state index contributed by atoms with van der Waals surface area (Å²) in [6.07, 6.45) is 0. The summed E-state index contributed by atoms with van der Waals surface area (Å²) >= 11 is 0.876. The lowest BCUT2D eigenvalue weighted by molar-refractivity contribution is 0.0597. The fraction of sp³-hybridized carbons (Fsp3) is 0.333. The minimum absolute atomic E-state index is 0.131. The molecule has 0 aliphatic heterocycles. The second kappa shape index (κ2) is 7.01. The summed E-state index contributed by atoms with van der Waals surface area (Å²) in [5.41, 5.74) is 0.134. The highest BCUT2D eigenvalue weighted by molar-refractivity contribution is 8.11. The highest BCUT2D eigenvalue weighted by Crippen LogP contribution is 2.26. The summed E-state index contributed by atoms with van der Waals surface area (Å²) in [4.78, 5) is 23.2. The molecule has 0 aromatic heterocycles. The third-order valence-electron chi connectivity index (χ3n) is 2.04. The van der Waals surface area contributed by atoms with Crippen molar-refractivity contribution in [3.05, 3.63) is 23.8 Å². The monoisotopic (exact) mass is 285 g/mol. The van der Waals surface area contributed by atoms with Crippen molar-refractivity contribution < 1.29 is 23.8 Å². The Morgan fingerprint density at radius 2 is 1.89 bits per heavy atom. The summed E-state index contributed by atoms with van der Waals surface area (Å²) in [5.74, 6) is 0.00372. The van der Waals surface area contributed by atoms with E-state index < -0.39 is 11.3 Å². The van der Waals surface area contributed by atoms with Gasteiger partial charge in [-0.3, -0.25) is 0 Å². The Bertz CT molecular complexity index is 475. The van der Waals surface area contributed by atoms with Gasteiger partial charge in [0.15, 0.2) is 0 Å². The smallest absolute Gasteiger partial charge is 0.388 e. The van der Waals surface area contributed by atoms with Crippen molar-refractivity contribution in [2.24, 2.45) is 0 Å². The van der Waals surface area contributed by atoms with E-state index in [-0.39, 0.29) is 11.3 Å². The van der Waals surface area contributed by atoms with Gasteiger partial charge in [0, 0.05) is 11.9 Å². The molecule has 0 bridgehead atoms. The Balaban J connectivity index is 2.99. The van der Waals surface area contributed by atoms with E-state index in [1.165, 1.54) is 26.4 Å². The van der Waals surface area contributed by atoms with Gasteiger partial charge >= 0.3 is 11.3 Å². The SMILES string of the molecule is COC(=O)c1cc(OC)ccc1OC(=O)SN(C)C. The van der Waals surface area contributed by atoms with Gasteiger partial charge in [0.2, 0.25) is 0 Å². The summed E-state index contributed by atoms with van der Waals surface area (Å²) < 4.78 is 16.3. The third-order valence-corrected chi connectivity index (χ3v) is 2.64. The molecule has 0 atom stereocenters. The minimum Gasteiger partial charge on any atom is -0.497 e. The largest absolute Gasteiger partial charge is 0.497 e. The highest BCUT2D eigenvalue weighted by atomic mass is 32.2. The van der Waals surface area contributed by atoms with Gasteiger partial charge in [-0.1, -0.05) is 0 Å². The van der Waals surface area contributed by atoms with Crippen LogP contribution in [0.15, 0.2) is 18.2 Å². The first-order valence-electron chi connectivity index (χ1n) is 5.31. The van der Waals surface area contributed by atoms with Crippen LogP contribution >= 0.6 is 11.9 Å². The topological polar surface area (TPSA) is 65.1 Å². The van der Waals surface area contributed by atoms with Crippen LogP contribution in [0.25, 0.3) is 0 Å². The van der Waals surface area contributed by atoms with Gasteiger partial charge in [-0.25, -0.2) is 13.9 Å². The molecule has 0 amide bonds. The highest BCUT2D eigenvalue weighted by Gasteiger charge is 2.18. The second-order valence-corrected chi connectivity index (χ2v) is 4.86. The Morgan fingerprint density at radius 1 is 1.21 bits per heavy atom. The van der Waals surface area contributed by atoms with Gasteiger partial charge < -0.3 is 14.2 Å². The van der Waals surface area contributed by atoms with E-state index in [0.717, 1.165) is 11.9 Å². The first-order chi connectivity index (χ1) is 8.97. The van der Waals surface area contributed by atoms with Crippen LogP contribution in [0.3, 0.4) is 0 Å². The molecule has 104 valence electrons. The van der Waals surface area contributed by atoms with Crippen molar-refractivity contribution in [2.75, 3.05) is 28.3 Å². The van der Waals surface area contributed by atoms with Gasteiger partial charge in [-0.2, -0.15) is 0 Å². The number of rotatable bonds is 4. The van der Waals surface area contributed by atoms with Crippen molar-refractivity contribution in [1.29, 1.82) is 0 Å². The quantitative estimate of drug-likeness (QED) is 0.620. The van der Waals surface area contributed by atoms with Gasteiger partial charge in [-0.05, 0) is 32.3 Å². The van der Waals surface area contributed by atoms with E-state index in [9.17, 15) is 9.59 Å². The van der Waals surface area contributed by atoms with E-state index >= 15 is 0 Å². The molecule has 0 radical (unpaired) electrons. The third kappa shape index (κ3) is 4.46. The van der Waals surface area contributed by atoms with Crippen molar-refractivity contribution in [2.45, 2.75) is 0 Å². The standard InChI is InChI=1S/C12H15NO5S/c1-13(2)19-12(15)18-10-6-5-8(16-3)7-9(10)11(14)17-4/h5-7H,1-4H3. The van der Waals surface area contributed by atoms with Crippen LogP contribution in [0.4, 0.5) is 4.79 Å². The predicted molar refractivity (Wildman–Crippen MR) is 71.6 cm³/mol. The van der Waals surface area contributed by atoms with Gasteiger partial charge in [-0.15, -0.1) is 0 Å². The molecule has 6 nitrogen and oxygen atoms in total. The molecular weight excluding hydrogens is 270 g/mol. The maximum Gasteiger partial charge on any atom is 0.388 e. The fourth-order valence-corrected chi connectivity index (χ4v) is 1.68. The zero-order valence-corrected chi connectivity index (χ0v) is 11.9. The lowest BCUT2D eigenvalue weighted by Gasteiger charge is -2.11. The zero-order valence-electron chi connectivity index (χ0n) is 11.1. The predicted octanol–water partition coefficient (Wildman–Crippen LogP) is 2.19. The normalized spacial score (nSPS) is 10.2. The Hall–Kier alpha value is -1.73. The van der Waals surface area contributed by atoms with Crippen molar-refractivity contribution >= 4 is 23.2 Å². The Kier molecular flexibility index (Phi) is 5.65. The number of ether oxygens (including phenoxy) is 3. The number of hydrogen-bond acceptors (Lipinski definition) is 7. The number of esters is 1. The summed E-state index contributed by atoms with van der Waals surface area (Å²) in [7, 11) is 6.15.